The smallest absolute Gasteiger partial charge is 0.335 e. The molecule has 2 amide bonds. The maximum absolute atomic E-state index is 11.9. The Morgan fingerprint density at radius 2 is 1.96 bits per heavy atom. The van der Waals surface area contributed by atoms with Crippen molar-refractivity contribution in [3.05, 3.63) is 46.5 Å². The van der Waals surface area contributed by atoms with Crippen molar-refractivity contribution in [3.63, 3.8) is 0 Å². The van der Waals surface area contributed by atoms with Gasteiger partial charge in [0.25, 0.3) is 0 Å². The Hall–Kier alpha value is -2.94. The van der Waals surface area contributed by atoms with Crippen molar-refractivity contribution in [2.45, 2.75) is 19.9 Å². The van der Waals surface area contributed by atoms with Crippen LogP contribution in [0.1, 0.15) is 28.5 Å². The lowest BCUT2D eigenvalue weighted by Crippen LogP contribution is -2.28. The molecule has 0 aliphatic heterocycles. The van der Waals surface area contributed by atoms with Gasteiger partial charge in [-0.05, 0) is 24.6 Å². The number of esters is 1. The number of nitrogens with zero attached hydrogens (tertiary/aromatic N) is 1. The summed E-state index contributed by atoms with van der Waals surface area (Å²) < 4.78 is 4.84. The maximum atomic E-state index is 11.9. The number of nitrogens with one attached hydrogen (secondary N) is 2. The summed E-state index contributed by atoms with van der Waals surface area (Å²) in [6, 6.07) is 5.76. The molecular formula is C16H17N3O5S. The zero-order valence-electron chi connectivity index (χ0n) is 13.4. The number of carboxylic acid groups (broad SMARTS) is 1. The maximum Gasteiger partial charge on any atom is 0.335 e. The van der Waals surface area contributed by atoms with Crippen molar-refractivity contribution in [1.29, 1.82) is 0 Å². The quantitative estimate of drug-likeness (QED) is 0.650. The van der Waals surface area contributed by atoms with Gasteiger partial charge >= 0.3 is 18.0 Å². The van der Waals surface area contributed by atoms with Crippen molar-refractivity contribution in [2.75, 3.05) is 11.9 Å². The molecule has 0 spiro atoms. The predicted octanol–water partition coefficient (Wildman–Crippen LogP) is 2.27. The van der Waals surface area contributed by atoms with Crippen LogP contribution in [0.25, 0.3) is 0 Å². The molecule has 0 saturated heterocycles. The standard InChI is InChI=1S/C16H17N3O5S/c1-2-24-13(20)7-12-9-25-16(18-12)19-15(23)17-8-10-3-5-11(6-4-10)14(21)22/h3-6,9H,2,7-8H2,1H3,(H,21,22)(H2,17,18,19,23). The molecule has 25 heavy (non-hydrogen) atoms. The van der Waals surface area contributed by atoms with Gasteiger partial charge in [-0.25, -0.2) is 14.6 Å². The molecule has 0 unspecified atom stereocenters. The Morgan fingerprint density at radius 3 is 2.60 bits per heavy atom. The van der Waals surface area contributed by atoms with Gasteiger partial charge in [0.05, 0.1) is 24.3 Å². The number of urea groups is 1. The average molecular weight is 363 g/mol. The molecule has 0 radical (unpaired) electrons. The molecule has 1 aromatic carbocycles. The van der Waals surface area contributed by atoms with E-state index in [1.54, 1.807) is 24.4 Å². The second-order valence-electron chi connectivity index (χ2n) is 4.94. The number of benzene rings is 1. The average Bonchev–Trinajstić information content (AvgIpc) is 3.00. The third-order valence-corrected chi connectivity index (χ3v) is 3.86. The first-order valence-corrected chi connectivity index (χ1v) is 8.33. The van der Waals surface area contributed by atoms with E-state index < -0.39 is 12.0 Å². The number of anilines is 1. The van der Waals surface area contributed by atoms with Crippen molar-refractivity contribution < 1.29 is 24.2 Å². The van der Waals surface area contributed by atoms with Crippen molar-refractivity contribution >= 4 is 34.4 Å². The number of rotatable bonds is 7. The summed E-state index contributed by atoms with van der Waals surface area (Å²) in [7, 11) is 0. The van der Waals surface area contributed by atoms with Gasteiger partial charge in [-0.2, -0.15) is 0 Å². The molecule has 0 bridgehead atoms. The number of carboxylic acids is 1. The van der Waals surface area contributed by atoms with Crippen LogP contribution < -0.4 is 10.6 Å². The number of aromatic carboxylic acids is 1. The zero-order valence-corrected chi connectivity index (χ0v) is 14.3. The normalized spacial score (nSPS) is 10.1. The van der Waals surface area contributed by atoms with Gasteiger partial charge in [-0.3, -0.25) is 10.1 Å². The van der Waals surface area contributed by atoms with Crippen molar-refractivity contribution in [3.8, 4) is 0 Å². The highest BCUT2D eigenvalue weighted by molar-refractivity contribution is 7.13. The summed E-state index contributed by atoms with van der Waals surface area (Å²) in [5, 5.41) is 16.1. The van der Waals surface area contributed by atoms with E-state index >= 15 is 0 Å². The first-order chi connectivity index (χ1) is 12.0. The number of carbonyl (C=O) groups excluding carboxylic acids is 2. The van der Waals surface area contributed by atoms with E-state index in [0.29, 0.717) is 17.4 Å². The molecular weight excluding hydrogens is 346 g/mol. The lowest BCUT2D eigenvalue weighted by Gasteiger charge is -2.06. The minimum Gasteiger partial charge on any atom is -0.478 e. The molecule has 9 heteroatoms. The van der Waals surface area contributed by atoms with Gasteiger partial charge in [0.15, 0.2) is 5.13 Å². The number of amides is 2. The van der Waals surface area contributed by atoms with E-state index in [2.05, 4.69) is 15.6 Å². The molecule has 0 fully saturated rings. The number of ether oxygens (including phenoxy) is 1. The highest BCUT2D eigenvalue weighted by atomic mass is 32.1. The summed E-state index contributed by atoms with van der Waals surface area (Å²) in [6.07, 6.45) is 0.0591. The van der Waals surface area contributed by atoms with Gasteiger partial charge in [0.1, 0.15) is 0 Å². The Balaban J connectivity index is 1.81. The summed E-state index contributed by atoms with van der Waals surface area (Å²) >= 11 is 1.21. The Morgan fingerprint density at radius 1 is 1.24 bits per heavy atom. The van der Waals surface area contributed by atoms with Crippen LogP contribution in [0, 0.1) is 0 Å². The highest BCUT2D eigenvalue weighted by Crippen LogP contribution is 2.16. The van der Waals surface area contributed by atoms with Crippen LogP contribution in [0.15, 0.2) is 29.6 Å². The third-order valence-electron chi connectivity index (χ3n) is 3.06. The monoisotopic (exact) mass is 363 g/mol. The molecule has 0 saturated carbocycles. The third kappa shape index (κ3) is 5.88. The van der Waals surface area contributed by atoms with Gasteiger partial charge < -0.3 is 15.2 Å². The lowest BCUT2D eigenvalue weighted by atomic mass is 10.1. The first kappa shape index (κ1) is 18.4. The number of thiazole rings is 1. The van der Waals surface area contributed by atoms with E-state index in [-0.39, 0.29) is 24.5 Å². The number of hydrogen-bond donors (Lipinski definition) is 3. The summed E-state index contributed by atoms with van der Waals surface area (Å²) in [5.74, 6) is -1.37. The largest absolute Gasteiger partial charge is 0.478 e. The van der Waals surface area contributed by atoms with Gasteiger partial charge in [-0.1, -0.05) is 12.1 Å². The van der Waals surface area contributed by atoms with E-state index in [1.165, 1.54) is 23.5 Å². The van der Waals surface area contributed by atoms with Crippen LogP contribution in [0.2, 0.25) is 0 Å². The van der Waals surface area contributed by atoms with E-state index in [0.717, 1.165) is 5.56 Å². The summed E-state index contributed by atoms with van der Waals surface area (Å²) in [5.41, 5.74) is 1.48. The van der Waals surface area contributed by atoms with E-state index in [4.69, 9.17) is 9.84 Å². The van der Waals surface area contributed by atoms with Crippen molar-refractivity contribution in [1.82, 2.24) is 10.3 Å². The predicted molar refractivity (Wildman–Crippen MR) is 91.7 cm³/mol. The fourth-order valence-electron chi connectivity index (χ4n) is 1.89. The molecule has 0 aliphatic rings. The van der Waals surface area contributed by atoms with Crippen LogP contribution in [0.4, 0.5) is 9.93 Å². The number of carbonyl (C=O) groups is 3. The Bertz CT molecular complexity index is 757. The van der Waals surface area contributed by atoms with Crippen LogP contribution in [-0.2, 0) is 22.5 Å². The molecule has 8 nitrogen and oxygen atoms in total. The second kappa shape index (κ2) is 8.78. The fraction of sp³-hybridized carbons (Fsp3) is 0.250. The van der Waals surface area contributed by atoms with Crippen LogP contribution in [-0.4, -0.2) is 34.7 Å². The zero-order chi connectivity index (χ0) is 18.2. The van der Waals surface area contributed by atoms with Crippen molar-refractivity contribution in [2.24, 2.45) is 0 Å². The van der Waals surface area contributed by atoms with Gasteiger partial charge in [0, 0.05) is 11.9 Å². The first-order valence-electron chi connectivity index (χ1n) is 7.45. The highest BCUT2D eigenvalue weighted by Gasteiger charge is 2.10. The molecule has 2 aromatic rings. The Labute approximate surface area is 147 Å². The van der Waals surface area contributed by atoms with E-state index in [9.17, 15) is 14.4 Å². The molecule has 1 heterocycles. The SMILES string of the molecule is CCOC(=O)Cc1csc(NC(=O)NCc2ccc(C(=O)O)cc2)n1. The molecule has 0 aliphatic carbocycles. The molecule has 132 valence electrons. The lowest BCUT2D eigenvalue weighted by molar-refractivity contribution is -0.142. The summed E-state index contributed by atoms with van der Waals surface area (Å²) in [4.78, 5) is 38.1. The molecule has 1 aromatic heterocycles. The van der Waals surface area contributed by atoms with Crippen LogP contribution in [0.3, 0.4) is 0 Å². The minimum atomic E-state index is -1.00. The fourth-order valence-corrected chi connectivity index (χ4v) is 2.60. The minimum absolute atomic E-state index is 0.0591. The van der Waals surface area contributed by atoms with Gasteiger partial charge in [0.2, 0.25) is 0 Å². The molecule has 3 N–H and O–H groups in total. The summed E-state index contributed by atoms with van der Waals surface area (Å²) in [6.45, 7) is 2.28. The number of hydrogen-bond acceptors (Lipinski definition) is 6. The number of aromatic nitrogens is 1. The topological polar surface area (TPSA) is 118 Å². The van der Waals surface area contributed by atoms with Crippen LogP contribution in [0.5, 0.6) is 0 Å². The van der Waals surface area contributed by atoms with Gasteiger partial charge in [-0.15, -0.1) is 11.3 Å². The van der Waals surface area contributed by atoms with E-state index in [1.807, 2.05) is 0 Å². The second-order valence-corrected chi connectivity index (χ2v) is 5.79. The Kier molecular flexibility index (Phi) is 6.47. The molecule has 2 rings (SSSR count). The van der Waals surface area contributed by atoms with Crippen LogP contribution >= 0.6 is 11.3 Å². The molecule has 0 atom stereocenters.